The van der Waals surface area contributed by atoms with Crippen molar-refractivity contribution in [3.05, 3.63) is 29.8 Å². The molecule has 5 heteroatoms. The molecule has 1 aromatic carbocycles. The lowest BCUT2D eigenvalue weighted by atomic mass is 10.2. The Kier molecular flexibility index (Phi) is 6.13. The van der Waals surface area contributed by atoms with Crippen molar-refractivity contribution < 1.29 is 4.74 Å². The molecule has 0 amide bonds. The fraction of sp³-hybridized carbons (Fsp3) is 0.533. The minimum Gasteiger partial charge on any atom is -0.376 e. The van der Waals surface area contributed by atoms with Gasteiger partial charge in [0.1, 0.15) is 0 Å². The number of rotatable bonds is 5. The van der Waals surface area contributed by atoms with Gasteiger partial charge in [0.05, 0.1) is 6.10 Å². The number of thiocarbonyl (C=S) groups is 1. The van der Waals surface area contributed by atoms with Gasteiger partial charge in [-0.25, -0.2) is 0 Å². The second kappa shape index (κ2) is 7.86. The Bertz CT molecular complexity index is 430. The monoisotopic (exact) mass is 310 g/mol. The molecule has 3 nitrogen and oxygen atoms in total. The Balaban J connectivity index is 1.77. The van der Waals surface area contributed by atoms with Crippen LogP contribution in [-0.2, 0) is 11.3 Å². The van der Waals surface area contributed by atoms with E-state index in [1.165, 1.54) is 10.5 Å². The van der Waals surface area contributed by atoms with Crippen LogP contribution in [-0.4, -0.2) is 42.6 Å². The van der Waals surface area contributed by atoms with Crippen LogP contribution in [0.3, 0.4) is 0 Å². The molecule has 0 radical (unpaired) electrons. The van der Waals surface area contributed by atoms with Gasteiger partial charge in [-0.15, -0.1) is 11.8 Å². The molecule has 1 aliphatic heterocycles. The summed E-state index contributed by atoms with van der Waals surface area (Å²) < 4.78 is 5.58. The molecule has 2 rings (SSSR count). The lowest BCUT2D eigenvalue weighted by Crippen LogP contribution is -2.40. The molecule has 0 unspecified atom stereocenters. The van der Waals surface area contributed by atoms with E-state index in [-0.39, 0.29) is 0 Å². The van der Waals surface area contributed by atoms with Crippen molar-refractivity contribution in [1.82, 2.24) is 10.2 Å². The topological polar surface area (TPSA) is 24.5 Å². The fourth-order valence-corrected chi connectivity index (χ4v) is 2.77. The van der Waals surface area contributed by atoms with Crippen molar-refractivity contribution in [1.29, 1.82) is 0 Å². The largest absolute Gasteiger partial charge is 0.376 e. The summed E-state index contributed by atoms with van der Waals surface area (Å²) in [7, 11) is 2.02. The molecule has 1 aliphatic rings. The van der Waals surface area contributed by atoms with Gasteiger partial charge < -0.3 is 15.0 Å². The van der Waals surface area contributed by atoms with E-state index in [0.29, 0.717) is 6.10 Å². The highest BCUT2D eigenvalue weighted by atomic mass is 32.2. The van der Waals surface area contributed by atoms with Gasteiger partial charge in [-0.3, -0.25) is 0 Å². The van der Waals surface area contributed by atoms with Gasteiger partial charge >= 0.3 is 0 Å². The number of hydrogen-bond donors (Lipinski definition) is 1. The first-order valence-corrected chi connectivity index (χ1v) is 8.56. The van der Waals surface area contributed by atoms with E-state index >= 15 is 0 Å². The molecule has 20 heavy (non-hydrogen) atoms. The quantitative estimate of drug-likeness (QED) is 0.666. The third-order valence-electron chi connectivity index (χ3n) is 3.43. The van der Waals surface area contributed by atoms with Crippen LogP contribution < -0.4 is 5.32 Å². The van der Waals surface area contributed by atoms with Gasteiger partial charge in [0, 0.05) is 31.6 Å². The van der Waals surface area contributed by atoms with Crippen molar-refractivity contribution in [2.24, 2.45) is 0 Å². The average molecular weight is 310 g/mol. The summed E-state index contributed by atoms with van der Waals surface area (Å²) in [6.45, 7) is 2.53. The van der Waals surface area contributed by atoms with E-state index in [0.717, 1.165) is 37.7 Å². The molecule has 0 saturated carbocycles. The molecule has 0 aromatic heterocycles. The predicted molar refractivity (Wildman–Crippen MR) is 89.3 cm³/mol. The third-order valence-corrected chi connectivity index (χ3v) is 4.63. The summed E-state index contributed by atoms with van der Waals surface area (Å²) in [5.74, 6) is 0. The van der Waals surface area contributed by atoms with Gasteiger partial charge in [-0.05, 0) is 49.0 Å². The standard InChI is InChI=1S/C15H22N2OS2/c1-17(11-12-5-7-14(20-2)8-6-12)15(19)16-10-13-4-3-9-18-13/h5-8,13H,3-4,9-11H2,1-2H3,(H,16,19)/t13-/m1/s1. The minimum absolute atomic E-state index is 0.321. The molecule has 1 fully saturated rings. The Labute approximate surface area is 131 Å². The summed E-state index contributed by atoms with van der Waals surface area (Å²) in [6, 6.07) is 8.61. The van der Waals surface area contributed by atoms with E-state index in [1.807, 2.05) is 7.05 Å². The van der Waals surface area contributed by atoms with Crippen LogP contribution in [0.5, 0.6) is 0 Å². The van der Waals surface area contributed by atoms with Crippen LogP contribution in [0.2, 0.25) is 0 Å². The summed E-state index contributed by atoms with van der Waals surface area (Å²) in [5.41, 5.74) is 1.27. The maximum atomic E-state index is 5.58. The van der Waals surface area contributed by atoms with E-state index in [4.69, 9.17) is 17.0 Å². The SMILES string of the molecule is CSc1ccc(CN(C)C(=S)NC[C@H]2CCCO2)cc1. The molecule has 1 N–H and O–H groups in total. The Morgan fingerprint density at radius 3 is 2.80 bits per heavy atom. The molecular weight excluding hydrogens is 288 g/mol. The predicted octanol–water partition coefficient (Wildman–Crippen LogP) is 2.89. The molecule has 110 valence electrons. The molecule has 1 saturated heterocycles. The summed E-state index contributed by atoms with van der Waals surface area (Å²) in [6.07, 6.45) is 4.71. The molecule has 0 bridgehead atoms. The normalized spacial score (nSPS) is 18.0. The van der Waals surface area contributed by atoms with E-state index in [9.17, 15) is 0 Å². The lowest BCUT2D eigenvalue weighted by Gasteiger charge is -2.22. The lowest BCUT2D eigenvalue weighted by molar-refractivity contribution is 0.113. The Morgan fingerprint density at radius 2 is 2.20 bits per heavy atom. The van der Waals surface area contributed by atoms with E-state index < -0.39 is 0 Å². The average Bonchev–Trinajstić information content (AvgIpc) is 2.98. The highest BCUT2D eigenvalue weighted by Gasteiger charge is 2.16. The number of benzene rings is 1. The van der Waals surface area contributed by atoms with Crippen LogP contribution in [0.15, 0.2) is 29.2 Å². The maximum absolute atomic E-state index is 5.58. The van der Waals surface area contributed by atoms with Crippen molar-refractivity contribution in [2.45, 2.75) is 30.4 Å². The first kappa shape index (κ1) is 15.6. The van der Waals surface area contributed by atoms with Crippen LogP contribution in [0, 0.1) is 0 Å². The van der Waals surface area contributed by atoms with Crippen molar-refractivity contribution in [3.63, 3.8) is 0 Å². The zero-order valence-electron chi connectivity index (χ0n) is 12.1. The highest BCUT2D eigenvalue weighted by molar-refractivity contribution is 7.98. The summed E-state index contributed by atoms with van der Waals surface area (Å²) >= 11 is 7.17. The zero-order valence-corrected chi connectivity index (χ0v) is 13.7. The third kappa shape index (κ3) is 4.65. The number of hydrogen-bond acceptors (Lipinski definition) is 3. The number of ether oxygens (including phenoxy) is 1. The molecule has 0 spiro atoms. The first-order chi connectivity index (χ1) is 9.69. The Hall–Kier alpha value is -0.780. The van der Waals surface area contributed by atoms with Gasteiger partial charge in [-0.1, -0.05) is 12.1 Å². The van der Waals surface area contributed by atoms with Crippen molar-refractivity contribution in [3.8, 4) is 0 Å². The first-order valence-electron chi connectivity index (χ1n) is 6.92. The maximum Gasteiger partial charge on any atom is 0.169 e. The van der Waals surface area contributed by atoms with Crippen molar-refractivity contribution >= 4 is 29.1 Å². The van der Waals surface area contributed by atoms with Crippen LogP contribution in [0.25, 0.3) is 0 Å². The fourth-order valence-electron chi connectivity index (χ4n) is 2.22. The highest BCUT2D eigenvalue weighted by Crippen LogP contribution is 2.15. The number of nitrogens with zero attached hydrogens (tertiary/aromatic N) is 1. The number of nitrogens with one attached hydrogen (secondary N) is 1. The van der Waals surface area contributed by atoms with E-state index in [1.54, 1.807) is 11.8 Å². The van der Waals surface area contributed by atoms with Gasteiger partial charge in [0.25, 0.3) is 0 Å². The van der Waals surface area contributed by atoms with E-state index in [2.05, 4.69) is 40.7 Å². The van der Waals surface area contributed by atoms with Gasteiger partial charge in [0.2, 0.25) is 0 Å². The second-order valence-corrected chi connectivity index (χ2v) is 6.29. The van der Waals surface area contributed by atoms with Crippen LogP contribution >= 0.6 is 24.0 Å². The molecule has 0 aliphatic carbocycles. The summed E-state index contributed by atoms with van der Waals surface area (Å²) in [4.78, 5) is 3.36. The van der Waals surface area contributed by atoms with Gasteiger partial charge in [-0.2, -0.15) is 0 Å². The zero-order chi connectivity index (χ0) is 14.4. The molecule has 1 aromatic rings. The molecular formula is C15H22N2OS2. The number of thioether (sulfide) groups is 1. The van der Waals surface area contributed by atoms with Gasteiger partial charge in [0.15, 0.2) is 5.11 Å². The smallest absolute Gasteiger partial charge is 0.169 e. The van der Waals surface area contributed by atoms with Crippen LogP contribution in [0.4, 0.5) is 0 Å². The molecule has 1 heterocycles. The minimum atomic E-state index is 0.321. The second-order valence-electron chi connectivity index (χ2n) is 5.03. The van der Waals surface area contributed by atoms with Crippen LogP contribution in [0.1, 0.15) is 18.4 Å². The molecule has 1 atom stereocenters. The van der Waals surface area contributed by atoms with Crippen molar-refractivity contribution in [2.75, 3.05) is 26.5 Å². The summed E-state index contributed by atoms with van der Waals surface area (Å²) in [5, 5.41) is 4.08. The Morgan fingerprint density at radius 1 is 1.45 bits per heavy atom.